The minimum absolute atomic E-state index is 0.0349. The molecule has 0 spiro atoms. The van der Waals surface area contributed by atoms with E-state index in [1.165, 1.54) is 0 Å². The van der Waals surface area contributed by atoms with Crippen LogP contribution in [0.25, 0.3) is 0 Å². The van der Waals surface area contributed by atoms with Gasteiger partial charge in [-0.25, -0.2) is 4.79 Å². The number of rotatable bonds is 2. The molecule has 18 heavy (non-hydrogen) atoms. The molecule has 0 saturated carbocycles. The number of carbonyl (C=O) groups is 1. The van der Waals surface area contributed by atoms with Gasteiger partial charge in [0, 0.05) is 19.1 Å². The summed E-state index contributed by atoms with van der Waals surface area (Å²) in [7, 11) is 0. The molecular weight excluding hydrogens is 232 g/mol. The van der Waals surface area contributed by atoms with Gasteiger partial charge >= 0.3 is 6.09 Å². The molecule has 1 heterocycles. The van der Waals surface area contributed by atoms with Crippen molar-refractivity contribution in [1.29, 1.82) is 0 Å². The zero-order valence-corrected chi connectivity index (χ0v) is 12.3. The summed E-state index contributed by atoms with van der Waals surface area (Å²) < 4.78 is 5.27. The quantitative estimate of drug-likeness (QED) is 0.790. The largest absolute Gasteiger partial charge is 0.444 e. The standard InChI is InChI=1S/C11H22N2O3.C2H6/c1-11(2,3)16-10(15)13-5-4-8(6-13)9(12)7-14;1-2/h8-9,14H,4-7,12H2,1-3H3;1-2H3. The number of hydrogen-bond acceptors (Lipinski definition) is 4. The number of nitrogens with two attached hydrogens (primary N) is 1. The summed E-state index contributed by atoms with van der Waals surface area (Å²) in [6, 6.07) is -0.243. The van der Waals surface area contributed by atoms with E-state index in [4.69, 9.17) is 15.6 Å². The van der Waals surface area contributed by atoms with Crippen molar-refractivity contribution in [2.24, 2.45) is 11.7 Å². The fourth-order valence-corrected chi connectivity index (χ4v) is 1.78. The van der Waals surface area contributed by atoms with E-state index in [9.17, 15) is 4.79 Å². The van der Waals surface area contributed by atoms with Gasteiger partial charge in [-0.1, -0.05) is 13.8 Å². The van der Waals surface area contributed by atoms with Gasteiger partial charge in [0.15, 0.2) is 0 Å². The lowest BCUT2D eigenvalue weighted by Crippen LogP contribution is -2.38. The molecule has 2 atom stereocenters. The molecule has 0 aliphatic carbocycles. The van der Waals surface area contributed by atoms with Crippen molar-refractivity contribution in [2.75, 3.05) is 19.7 Å². The zero-order valence-electron chi connectivity index (χ0n) is 12.3. The van der Waals surface area contributed by atoms with Crippen LogP contribution in [0.1, 0.15) is 41.0 Å². The monoisotopic (exact) mass is 260 g/mol. The summed E-state index contributed by atoms with van der Waals surface area (Å²) in [5, 5.41) is 8.95. The number of nitrogens with zero attached hydrogens (tertiary/aromatic N) is 1. The molecule has 1 amide bonds. The molecule has 1 saturated heterocycles. The van der Waals surface area contributed by atoms with E-state index < -0.39 is 5.60 Å². The Bertz CT molecular complexity index is 251. The second-order valence-electron chi connectivity index (χ2n) is 5.32. The number of carbonyl (C=O) groups excluding carboxylic acids is 1. The Morgan fingerprint density at radius 3 is 2.50 bits per heavy atom. The zero-order chi connectivity index (χ0) is 14.3. The topological polar surface area (TPSA) is 75.8 Å². The third kappa shape index (κ3) is 5.69. The molecule has 0 aromatic heterocycles. The third-order valence-electron chi connectivity index (χ3n) is 2.69. The Labute approximate surface area is 110 Å². The van der Waals surface area contributed by atoms with Gasteiger partial charge in [-0.3, -0.25) is 0 Å². The molecule has 1 rings (SSSR count). The van der Waals surface area contributed by atoms with Gasteiger partial charge in [-0.2, -0.15) is 0 Å². The van der Waals surface area contributed by atoms with E-state index >= 15 is 0 Å². The van der Waals surface area contributed by atoms with E-state index in [0.717, 1.165) is 6.42 Å². The SMILES string of the molecule is CC.CC(C)(C)OC(=O)N1CCC(C(N)CO)C1. The fourth-order valence-electron chi connectivity index (χ4n) is 1.78. The molecule has 1 fully saturated rings. The lowest BCUT2D eigenvalue weighted by Gasteiger charge is -2.25. The molecule has 3 N–H and O–H groups in total. The van der Waals surface area contributed by atoms with Crippen LogP contribution in [0.3, 0.4) is 0 Å². The van der Waals surface area contributed by atoms with Gasteiger partial charge in [0.25, 0.3) is 0 Å². The van der Waals surface area contributed by atoms with Crippen molar-refractivity contribution < 1.29 is 14.6 Å². The Balaban J connectivity index is 0.00000137. The number of hydrogen-bond donors (Lipinski definition) is 2. The summed E-state index contributed by atoms with van der Waals surface area (Å²) in [5.74, 6) is 0.178. The van der Waals surface area contributed by atoms with E-state index in [2.05, 4.69) is 0 Å². The molecule has 0 aromatic carbocycles. The van der Waals surface area contributed by atoms with Crippen LogP contribution in [0, 0.1) is 5.92 Å². The second-order valence-corrected chi connectivity index (χ2v) is 5.32. The second kappa shape index (κ2) is 7.59. The average molecular weight is 260 g/mol. The van der Waals surface area contributed by atoms with Crippen molar-refractivity contribution in [2.45, 2.75) is 52.7 Å². The predicted octanol–water partition coefficient (Wildman–Crippen LogP) is 1.59. The normalized spacial score (nSPS) is 21.1. The van der Waals surface area contributed by atoms with Crippen LogP contribution in [0.2, 0.25) is 0 Å². The van der Waals surface area contributed by atoms with Crippen molar-refractivity contribution in [3.63, 3.8) is 0 Å². The number of ether oxygens (including phenoxy) is 1. The Kier molecular flexibility index (Phi) is 7.25. The molecule has 2 unspecified atom stereocenters. The predicted molar refractivity (Wildman–Crippen MR) is 72.3 cm³/mol. The lowest BCUT2D eigenvalue weighted by atomic mass is 10.0. The van der Waals surface area contributed by atoms with Gasteiger partial charge in [-0.05, 0) is 33.1 Å². The summed E-state index contributed by atoms with van der Waals surface area (Å²) in [6.45, 7) is 10.7. The van der Waals surface area contributed by atoms with Crippen molar-refractivity contribution in [3.05, 3.63) is 0 Å². The first-order chi connectivity index (χ1) is 8.33. The molecule has 0 aromatic rings. The maximum Gasteiger partial charge on any atom is 0.410 e. The maximum absolute atomic E-state index is 11.7. The van der Waals surface area contributed by atoms with E-state index in [0.29, 0.717) is 13.1 Å². The van der Waals surface area contributed by atoms with Gasteiger partial charge in [0.2, 0.25) is 0 Å². The van der Waals surface area contributed by atoms with E-state index in [1.54, 1.807) is 4.90 Å². The number of aliphatic hydroxyl groups excluding tert-OH is 1. The van der Waals surface area contributed by atoms with Gasteiger partial charge in [0.1, 0.15) is 5.60 Å². The fraction of sp³-hybridized carbons (Fsp3) is 0.923. The van der Waals surface area contributed by atoms with Gasteiger partial charge in [0.05, 0.1) is 6.61 Å². The summed E-state index contributed by atoms with van der Waals surface area (Å²) in [5.41, 5.74) is 5.28. The molecular formula is C13H28N2O3. The van der Waals surface area contributed by atoms with Crippen molar-refractivity contribution >= 4 is 6.09 Å². The highest BCUT2D eigenvalue weighted by Gasteiger charge is 2.32. The molecule has 5 nitrogen and oxygen atoms in total. The molecule has 0 bridgehead atoms. The molecule has 5 heteroatoms. The number of likely N-dealkylation sites (tertiary alicyclic amines) is 1. The van der Waals surface area contributed by atoms with E-state index in [1.807, 2.05) is 34.6 Å². The maximum atomic E-state index is 11.7. The first kappa shape index (κ1) is 17.2. The van der Waals surface area contributed by atoms with E-state index in [-0.39, 0.29) is 24.7 Å². The number of aliphatic hydroxyl groups is 1. The summed E-state index contributed by atoms with van der Waals surface area (Å²) in [4.78, 5) is 13.4. The lowest BCUT2D eigenvalue weighted by molar-refractivity contribution is 0.0284. The highest BCUT2D eigenvalue weighted by molar-refractivity contribution is 5.68. The van der Waals surface area contributed by atoms with Crippen LogP contribution in [0.15, 0.2) is 0 Å². The number of amides is 1. The first-order valence-electron chi connectivity index (χ1n) is 6.68. The van der Waals surface area contributed by atoms with Crippen LogP contribution >= 0.6 is 0 Å². The minimum Gasteiger partial charge on any atom is -0.444 e. The summed E-state index contributed by atoms with van der Waals surface area (Å²) >= 11 is 0. The molecule has 1 aliphatic rings. The third-order valence-corrected chi connectivity index (χ3v) is 2.69. The van der Waals surface area contributed by atoms with Crippen molar-refractivity contribution in [3.8, 4) is 0 Å². The Morgan fingerprint density at radius 1 is 1.50 bits per heavy atom. The molecule has 108 valence electrons. The van der Waals surface area contributed by atoms with Gasteiger partial charge in [-0.15, -0.1) is 0 Å². The average Bonchev–Trinajstić information content (AvgIpc) is 2.78. The summed E-state index contributed by atoms with van der Waals surface area (Å²) in [6.07, 6.45) is 0.543. The first-order valence-corrected chi connectivity index (χ1v) is 6.68. The Hall–Kier alpha value is -0.810. The van der Waals surface area contributed by atoms with Crippen LogP contribution in [-0.2, 0) is 4.74 Å². The van der Waals surface area contributed by atoms with Crippen molar-refractivity contribution in [1.82, 2.24) is 4.90 Å². The van der Waals surface area contributed by atoms with Crippen LogP contribution in [-0.4, -0.2) is 47.4 Å². The minimum atomic E-state index is -0.464. The van der Waals surface area contributed by atoms with Crippen LogP contribution < -0.4 is 5.73 Å². The molecule has 0 radical (unpaired) electrons. The highest BCUT2D eigenvalue weighted by atomic mass is 16.6. The molecule has 1 aliphatic heterocycles. The van der Waals surface area contributed by atoms with Gasteiger partial charge < -0.3 is 20.5 Å². The Morgan fingerprint density at radius 2 is 2.06 bits per heavy atom. The van der Waals surface area contributed by atoms with Crippen LogP contribution in [0.5, 0.6) is 0 Å². The highest BCUT2D eigenvalue weighted by Crippen LogP contribution is 2.21. The smallest absolute Gasteiger partial charge is 0.410 e. The van der Waals surface area contributed by atoms with Crippen LogP contribution in [0.4, 0.5) is 4.79 Å².